The van der Waals surface area contributed by atoms with Gasteiger partial charge in [-0.25, -0.2) is 5.84 Å². The second-order valence-corrected chi connectivity index (χ2v) is 5.82. The summed E-state index contributed by atoms with van der Waals surface area (Å²) in [4.78, 5) is 11.5. The maximum absolute atomic E-state index is 11.5. The number of hydrogen-bond donors (Lipinski definition) is 2. The number of rotatable bonds is 4. The molecule has 2 aromatic rings. The van der Waals surface area contributed by atoms with Crippen LogP contribution in [-0.2, 0) is 6.61 Å². The normalized spacial score (nSPS) is 10.3. The molecule has 0 heterocycles. The number of nitrogens with two attached hydrogens (primary N) is 1. The predicted octanol–water partition coefficient (Wildman–Crippen LogP) is 3.59. The molecule has 0 fully saturated rings. The molecule has 0 aliphatic carbocycles. The molecule has 0 atom stereocenters. The minimum Gasteiger partial charge on any atom is -0.487 e. The molecule has 2 aromatic carbocycles. The van der Waals surface area contributed by atoms with E-state index in [2.05, 4.69) is 21.4 Å². The third kappa shape index (κ3) is 3.97. The van der Waals surface area contributed by atoms with Crippen molar-refractivity contribution >= 4 is 33.4 Å². The molecule has 0 unspecified atom stereocenters. The molecule has 0 radical (unpaired) electrons. The fraction of sp³-hybridized carbons (Fsp3) is 0.133. The van der Waals surface area contributed by atoms with Crippen LogP contribution in [0.5, 0.6) is 5.75 Å². The third-order valence-corrected chi connectivity index (χ3v) is 3.64. The van der Waals surface area contributed by atoms with E-state index in [-0.39, 0.29) is 5.91 Å². The standard InChI is InChI=1S/C15H14BrClN2O2/c1-9-5-12(16)7-13(17)14(9)21-8-10-3-2-4-11(6-10)15(20)19-18/h2-7H,8,18H2,1H3,(H,19,20). The van der Waals surface area contributed by atoms with Crippen molar-refractivity contribution in [3.63, 3.8) is 0 Å². The van der Waals surface area contributed by atoms with Crippen molar-refractivity contribution in [3.8, 4) is 5.75 Å². The molecule has 0 aliphatic heterocycles. The monoisotopic (exact) mass is 368 g/mol. The second kappa shape index (κ2) is 6.93. The van der Waals surface area contributed by atoms with E-state index in [0.29, 0.717) is 22.9 Å². The van der Waals surface area contributed by atoms with Crippen molar-refractivity contribution in [3.05, 3.63) is 62.6 Å². The number of aryl methyl sites for hydroxylation is 1. The molecule has 0 bridgehead atoms. The minimum atomic E-state index is -0.338. The zero-order valence-electron chi connectivity index (χ0n) is 11.3. The molecular formula is C15H14BrClN2O2. The van der Waals surface area contributed by atoms with Gasteiger partial charge in [0.25, 0.3) is 5.91 Å². The Balaban J connectivity index is 2.15. The molecule has 0 aromatic heterocycles. The van der Waals surface area contributed by atoms with Crippen molar-refractivity contribution in [2.45, 2.75) is 13.5 Å². The van der Waals surface area contributed by atoms with Crippen LogP contribution in [0.15, 0.2) is 40.9 Å². The van der Waals surface area contributed by atoms with E-state index in [1.165, 1.54) is 0 Å². The molecule has 0 saturated carbocycles. The lowest BCUT2D eigenvalue weighted by atomic mass is 10.1. The largest absolute Gasteiger partial charge is 0.487 e. The highest BCUT2D eigenvalue weighted by Gasteiger charge is 2.09. The number of hydrogen-bond acceptors (Lipinski definition) is 3. The van der Waals surface area contributed by atoms with Gasteiger partial charge in [-0.3, -0.25) is 10.2 Å². The van der Waals surface area contributed by atoms with Crippen LogP contribution in [0.25, 0.3) is 0 Å². The quantitative estimate of drug-likeness (QED) is 0.492. The van der Waals surface area contributed by atoms with Gasteiger partial charge >= 0.3 is 0 Å². The Morgan fingerprint density at radius 3 is 2.81 bits per heavy atom. The highest BCUT2D eigenvalue weighted by atomic mass is 79.9. The molecule has 21 heavy (non-hydrogen) atoms. The Morgan fingerprint density at radius 1 is 1.38 bits per heavy atom. The Bertz CT molecular complexity index is 653. The van der Waals surface area contributed by atoms with Gasteiger partial charge in [0.1, 0.15) is 12.4 Å². The topological polar surface area (TPSA) is 64.3 Å². The summed E-state index contributed by atoms with van der Waals surface area (Å²) < 4.78 is 6.66. The molecule has 1 amide bonds. The summed E-state index contributed by atoms with van der Waals surface area (Å²) in [7, 11) is 0. The van der Waals surface area contributed by atoms with Crippen LogP contribution in [0.4, 0.5) is 0 Å². The summed E-state index contributed by atoms with van der Waals surface area (Å²) in [5.74, 6) is 5.42. The van der Waals surface area contributed by atoms with Crippen molar-refractivity contribution in [2.24, 2.45) is 5.84 Å². The number of hydrazine groups is 1. The highest BCUT2D eigenvalue weighted by Crippen LogP contribution is 2.32. The molecule has 110 valence electrons. The van der Waals surface area contributed by atoms with Crippen LogP contribution in [0.1, 0.15) is 21.5 Å². The Morgan fingerprint density at radius 2 is 2.14 bits per heavy atom. The molecule has 2 rings (SSSR count). The van der Waals surface area contributed by atoms with Gasteiger partial charge in [0.2, 0.25) is 0 Å². The van der Waals surface area contributed by atoms with Crippen LogP contribution in [0, 0.1) is 6.92 Å². The Kier molecular flexibility index (Phi) is 5.22. The smallest absolute Gasteiger partial charge is 0.265 e. The van der Waals surface area contributed by atoms with Gasteiger partial charge in [0, 0.05) is 10.0 Å². The molecule has 6 heteroatoms. The summed E-state index contributed by atoms with van der Waals surface area (Å²) in [5.41, 5.74) is 4.38. The van der Waals surface area contributed by atoms with Gasteiger partial charge in [0.05, 0.1) is 5.02 Å². The number of nitrogens with one attached hydrogen (secondary N) is 1. The number of amides is 1. The molecule has 0 aliphatic rings. The van der Waals surface area contributed by atoms with Crippen molar-refractivity contribution in [1.29, 1.82) is 0 Å². The maximum Gasteiger partial charge on any atom is 0.265 e. The summed E-state index contributed by atoms with van der Waals surface area (Å²) in [6.07, 6.45) is 0. The fourth-order valence-electron chi connectivity index (χ4n) is 1.91. The highest BCUT2D eigenvalue weighted by molar-refractivity contribution is 9.10. The molecule has 3 N–H and O–H groups in total. The van der Waals surface area contributed by atoms with E-state index in [1.807, 2.05) is 19.1 Å². The first-order valence-electron chi connectivity index (χ1n) is 6.19. The molecule has 0 spiro atoms. The maximum atomic E-state index is 11.5. The molecule has 0 saturated heterocycles. The third-order valence-electron chi connectivity index (χ3n) is 2.90. The van der Waals surface area contributed by atoms with E-state index in [1.54, 1.807) is 24.3 Å². The zero-order valence-corrected chi connectivity index (χ0v) is 13.7. The summed E-state index contributed by atoms with van der Waals surface area (Å²) in [6.45, 7) is 2.23. The molecular weight excluding hydrogens is 356 g/mol. The van der Waals surface area contributed by atoms with Gasteiger partial charge in [-0.05, 0) is 42.3 Å². The Labute approximate surface area is 136 Å². The van der Waals surface area contributed by atoms with Gasteiger partial charge < -0.3 is 4.74 Å². The van der Waals surface area contributed by atoms with Crippen LogP contribution in [-0.4, -0.2) is 5.91 Å². The van der Waals surface area contributed by atoms with Gasteiger partial charge in [0.15, 0.2) is 0 Å². The van der Waals surface area contributed by atoms with Crippen LogP contribution >= 0.6 is 27.5 Å². The number of carbonyl (C=O) groups is 1. The lowest BCUT2D eigenvalue weighted by Crippen LogP contribution is -2.30. The van der Waals surface area contributed by atoms with Crippen LogP contribution in [0.3, 0.4) is 0 Å². The van der Waals surface area contributed by atoms with Gasteiger partial charge in [-0.2, -0.15) is 0 Å². The molecule has 4 nitrogen and oxygen atoms in total. The predicted molar refractivity (Wildman–Crippen MR) is 86.3 cm³/mol. The minimum absolute atomic E-state index is 0.313. The fourth-order valence-corrected chi connectivity index (χ4v) is 2.94. The zero-order chi connectivity index (χ0) is 15.4. The first-order valence-corrected chi connectivity index (χ1v) is 7.36. The summed E-state index contributed by atoms with van der Waals surface area (Å²) in [6, 6.07) is 10.8. The summed E-state index contributed by atoms with van der Waals surface area (Å²) in [5, 5.41) is 0.540. The van der Waals surface area contributed by atoms with E-state index in [0.717, 1.165) is 15.6 Å². The first kappa shape index (κ1) is 15.8. The number of benzene rings is 2. The number of carbonyl (C=O) groups excluding carboxylic acids is 1. The Hall–Kier alpha value is -1.56. The van der Waals surface area contributed by atoms with E-state index in [4.69, 9.17) is 22.2 Å². The van der Waals surface area contributed by atoms with E-state index in [9.17, 15) is 4.79 Å². The lowest BCUT2D eigenvalue weighted by molar-refractivity contribution is 0.0953. The average molecular weight is 370 g/mol. The summed E-state index contributed by atoms with van der Waals surface area (Å²) >= 11 is 9.55. The van der Waals surface area contributed by atoms with E-state index < -0.39 is 0 Å². The number of halogens is 2. The van der Waals surface area contributed by atoms with Crippen molar-refractivity contribution in [2.75, 3.05) is 0 Å². The second-order valence-electron chi connectivity index (χ2n) is 4.50. The van der Waals surface area contributed by atoms with Gasteiger partial charge in [-0.15, -0.1) is 0 Å². The van der Waals surface area contributed by atoms with Crippen LogP contribution < -0.4 is 16.0 Å². The van der Waals surface area contributed by atoms with E-state index >= 15 is 0 Å². The van der Waals surface area contributed by atoms with Crippen molar-refractivity contribution < 1.29 is 9.53 Å². The average Bonchev–Trinajstić information content (AvgIpc) is 2.45. The van der Waals surface area contributed by atoms with Gasteiger partial charge in [-0.1, -0.05) is 39.7 Å². The first-order chi connectivity index (χ1) is 10.0. The van der Waals surface area contributed by atoms with Crippen molar-refractivity contribution in [1.82, 2.24) is 5.43 Å². The number of ether oxygens (including phenoxy) is 1. The SMILES string of the molecule is Cc1cc(Br)cc(Cl)c1OCc1cccc(C(=O)NN)c1. The van der Waals surface area contributed by atoms with Crippen LogP contribution in [0.2, 0.25) is 5.02 Å². The lowest BCUT2D eigenvalue weighted by Gasteiger charge is -2.12. The number of nitrogen functional groups attached to an aromatic ring is 1.